The molecule has 0 aromatic rings. The number of methoxy groups -OCH3 is 1. The monoisotopic (exact) mass is 228 g/mol. The van der Waals surface area contributed by atoms with Crippen LogP contribution in [0.2, 0.25) is 0 Å². The molecule has 0 aromatic heterocycles. The minimum Gasteiger partial charge on any atom is -0.469 e. The van der Waals surface area contributed by atoms with Crippen molar-refractivity contribution in [1.29, 1.82) is 0 Å². The molecule has 0 aliphatic heterocycles. The number of carbonyl (C=O) groups excluding carboxylic acids is 2. The summed E-state index contributed by atoms with van der Waals surface area (Å²) < 4.78 is 4.70. The molecule has 3 N–H and O–H groups in total. The molecule has 0 radical (unpaired) electrons. The van der Waals surface area contributed by atoms with Crippen molar-refractivity contribution in [2.45, 2.75) is 38.5 Å². The molecule has 0 unspecified atom stereocenters. The first-order chi connectivity index (χ1) is 7.58. The van der Waals surface area contributed by atoms with Crippen molar-refractivity contribution in [3.63, 3.8) is 0 Å². The highest BCUT2D eigenvalue weighted by Gasteiger charge is 2.34. The lowest BCUT2D eigenvalue weighted by Gasteiger charge is -2.36. The van der Waals surface area contributed by atoms with Gasteiger partial charge >= 0.3 is 12.0 Å². The molecule has 1 saturated carbocycles. The molecule has 5 nitrogen and oxygen atoms in total. The van der Waals surface area contributed by atoms with Crippen LogP contribution < -0.4 is 11.1 Å². The van der Waals surface area contributed by atoms with E-state index in [1.165, 1.54) is 13.5 Å². The lowest BCUT2D eigenvalue weighted by atomic mass is 9.72. The van der Waals surface area contributed by atoms with Crippen molar-refractivity contribution in [3.8, 4) is 0 Å². The maximum absolute atomic E-state index is 11.4. The fourth-order valence-electron chi connectivity index (χ4n) is 2.37. The number of primary amides is 1. The van der Waals surface area contributed by atoms with Crippen molar-refractivity contribution < 1.29 is 14.3 Å². The van der Waals surface area contributed by atoms with Crippen LogP contribution in [0.5, 0.6) is 0 Å². The average molecular weight is 228 g/mol. The molecule has 1 aliphatic carbocycles. The normalized spacial score (nSPS) is 18.8. The van der Waals surface area contributed by atoms with Crippen molar-refractivity contribution in [2.75, 3.05) is 13.7 Å². The molecule has 2 amide bonds. The molecule has 0 bridgehead atoms. The first kappa shape index (κ1) is 12.8. The van der Waals surface area contributed by atoms with E-state index in [9.17, 15) is 9.59 Å². The molecule has 0 atom stereocenters. The van der Waals surface area contributed by atoms with Crippen molar-refractivity contribution in [3.05, 3.63) is 0 Å². The smallest absolute Gasteiger partial charge is 0.312 e. The van der Waals surface area contributed by atoms with Gasteiger partial charge in [0.25, 0.3) is 0 Å². The van der Waals surface area contributed by atoms with Crippen LogP contribution in [-0.4, -0.2) is 25.7 Å². The van der Waals surface area contributed by atoms with E-state index in [1.807, 2.05) is 0 Å². The topological polar surface area (TPSA) is 81.4 Å². The molecule has 5 heteroatoms. The van der Waals surface area contributed by atoms with E-state index in [-0.39, 0.29) is 11.4 Å². The predicted molar refractivity (Wildman–Crippen MR) is 59.7 cm³/mol. The van der Waals surface area contributed by atoms with E-state index < -0.39 is 6.03 Å². The lowest BCUT2D eigenvalue weighted by Crippen LogP contribution is -2.42. The Morgan fingerprint density at radius 3 is 2.44 bits per heavy atom. The van der Waals surface area contributed by atoms with Gasteiger partial charge in [-0.3, -0.25) is 4.79 Å². The Morgan fingerprint density at radius 1 is 1.31 bits per heavy atom. The average Bonchev–Trinajstić information content (AvgIpc) is 2.28. The lowest BCUT2D eigenvalue weighted by molar-refractivity contribution is -0.143. The highest BCUT2D eigenvalue weighted by molar-refractivity contribution is 5.72. The molecule has 0 saturated heterocycles. The van der Waals surface area contributed by atoms with Crippen LogP contribution in [0, 0.1) is 5.41 Å². The van der Waals surface area contributed by atoms with E-state index in [1.54, 1.807) is 0 Å². The zero-order valence-electron chi connectivity index (χ0n) is 9.75. The second-order valence-electron chi connectivity index (χ2n) is 4.53. The maximum atomic E-state index is 11.4. The molecule has 1 rings (SSSR count). The SMILES string of the molecule is COC(=O)CC1(CNC(N)=O)CCCCC1. The minimum absolute atomic E-state index is 0.152. The zero-order chi connectivity index (χ0) is 12.0. The third-order valence-electron chi connectivity index (χ3n) is 3.30. The van der Waals surface area contributed by atoms with Crippen LogP contribution in [0.1, 0.15) is 38.5 Å². The van der Waals surface area contributed by atoms with Gasteiger partial charge in [0.05, 0.1) is 13.5 Å². The summed E-state index contributed by atoms with van der Waals surface area (Å²) in [4.78, 5) is 22.1. The van der Waals surface area contributed by atoms with Gasteiger partial charge in [0.15, 0.2) is 0 Å². The Balaban J connectivity index is 2.59. The van der Waals surface area contributed by atoms with E-state index in [0.717, 1.165) is 25.7 Å². The van der Waals surface area contributed by atoms with Gasteiger partial charge in [0.1, 0.15) is 0 Å². The number of urea groups is 1. The Labute approximate surface area is 95.7 Å². The summed E-state index contributed by atoms with van der Waals surface area (Å²) >= 11 is 0. The number of ether oxygens (including phenoxy) is 1. The van der Waals surface area contributed by atoms with E-state index in [2.05, 4.69) is 5.32 Å². The first-order valence-corrected chi connectivity index (χ1v) is 5.68. The molecular weight excluding hydrogens is 208 g/mol. The third-order valence-corrected chi connectivity index (χ3v) is 3.30. The Bertz CT molecular complexity index is 260. The van der Waals surface area contributed by atoms with Gasteiger partial charge in [-0.05, 0) is 18.3 Å². The second-order valence-corrected chi connectivity index (χ2v) is 4.53. The van der Waals surface area contributed by atoms with Gasteiger partial charge in [0, 0.05) is 6.54 Å². The summed E-state index contributed by atoms with van der Waals surface area (Å²) in [7, 11) is 1.39. The molecule has 16 heavy (non-hydrogen) atoms. The Morgan fingerprint density at radius 2 is 1.94 bits per heavy atom. The van der Waals surface area contributed by atoms with Gasteiger partial charge < -0.3 is 15.8 Å². The van der Waals surface area contributed by atoms with Gasteiger partial charge in [-0.2, -0.15) is 0 Å². The van der Waals surface area contributed by atoms with Crippen molar-refractivity contribution in [2.24, 2.45) is 11.1 Å². The molecule has 0 spiro atoms. The van der Waals surface area contributed by atoms with Gasteiger partial charge in [-0.1, -0.05) is 19.3 Å². The summed E-state index contributed by atoms with van der Waals surface area (Å²) in [5.41, 5.74) is 4.91. The number of carbonyl (C=O) groups is 2. The van der Waals surface area contributed by atoms with E-state index >= 15 is 0 Å². The van der Waals surface area contributed by atoms with Crippen molar-refractivity contribution >= 4 is 12.0 Å². The van der Waals surface area contributed by atoms with Gasteiger partial charge in [-0.25, -0.2) is 4.79 Å². The molecule has 1 aliphatic rings. The summed E-state index contributed by atoms with van der Waals surface area (Å²) in [5.74, 6) is -0.215. The highest BCUT2D eigenvalue weighted by Crippen LogP contribution is 2.38. The number of nitrogens with one attached hydrogen (secondary N) is 1. The van der Waals surface area contributed by atoms with Gasteiger partial charge in [-0.15, -0.1) is 0 Å². The largest absolute Gasteiger partial charge is 0.469 e. The summed E-state index contributed by atoms with van der Waals surface area (Å²) in [6.45, 7) is 0.470. The summed E-state index contributed by atoms with van der Waals surface area (Å²) in [6, 6.07) is -0.533. The zero-order valence-corrected chi connectivity index (χ0v) is 9.75. The maximum Gasteiger partial charge on any atom is 0.312 e. The molecular formula is C11H20N2O3. The third kappa shape index (κ3) is 3.72. The van der Waals surface area contributed by atoms with Crippen LogP contribution >= 0.6 is 0 Å². The fraction of sp³-hybridized carbons (Fsp3) is 0.818. The molecule has 1 fully saturated rings. The molecule has 0 heterocycles. The number of rotatable bonds is 4. The van der Waals surface area contributed by atoms with E-state index in [0.29, 0.717) is 13.0 Å². The first-order valence-electron chi connectivity index (χ1n) is 5.68. The Hall–Kier alpha value is -1.26. The number of nitrogens with two attached hydrogens (primary N) is 1. The Kier molecular flexibility index (Phi) is 4.58. The van der Waals surface area contributed by atoms with Gasteiger partial charge in [0.2, 0.25) is 0 Å². The number of amides is 2. The predicted octanol–water partition coefficient (Wildman–Crippen LogP) is 1.17. The fourth-order valence-corrected chi connectivity index (χ4v) is 2.37. The second kappa shape index (κ2) is 5.72. The molecule has 92 valence electrons. The minimum atomic E-state index is -0.533. The summed E-state index contributed by atoms with van der Waals surface area (Å²) in [6.07, 6.45) is 5.64. The quantitative estimate of drug-likeness (QED) is 0.709. The molecule has 0 aromatic carbocycles. The number of hydrogen-bond acceptors (Lipinski definition) is 3. The van der Waals surface area contributed by atoms with Crippen LogP contribution in [0.25, 0.3) is 0 Å². The number of esters is 1. The van der Waals surface area contributed by atoms with Crippen LogP contribution in [0.4, 0.5) is 4.79 Å². The summed E-state index contributed by atoms with van der Waals surface area (Å²) in [5, 5.41) is 2.62. The highest BCUT2D eigenvalue weighted by atomic mass is 16.5. The number of hydrogen-bond donors (Lipinski definition) is 2. The van der Waals surface area contributed by atoms with E-state index in [4.69, 9.17) is 10.5 Å². The van der Waals surface area contributed by atoms with Crippen LogP contribution in [0.15, 0.2) is 0 Å². The standard InChI is InChI=1S/C11H20N2O3/c1-16-9(14)7-11(8-13-10(12)15)5-3-2-4-6-11/h2-8H2,1H3,(H3,12,13,15). The van der Waals surface area contributed by atoms with Crippen LogP contribution in [0.3, 0.4) is 0 Å². The van der Waals surface area contributed by atoms with Crippen molar-refractivity contribution in [1.82, 2.24) is 5.32 Å². The van der Waals surface area contributed by atoms with Crippen LogP contribution in [-0.2, 0) is 9.53 Å².